The normalized spacial score (nSPS) is 38.5. The number of amides is 1. The third-order valence-electron chi connectivity index (χ3n) is 25.8. The lowest BCUT2D eigenvalue weighted by atomic mass is 9.99. The highest BCUT2D eigenvalue weighted by Crippen LogP contribution is 2.36. The molecule has 24 saturated heterocycles. The number of fused-ring (bicyclic) bond motifs is 48. The summed E-state index contributed by atoms with van der Waals surface area (Å²) in [6, 6.07) is 10.7. The summed E-state index contributed by atoms with van der Waals surface area (Å²) in [4.78, 5) is 25.2. The molecule has 24 fully saturated rings. The van der Waals surface area contributed by atoms with Gasteiger partial charge in [0.05, 0.1) is 59.5 Å². The number of nitrogens with zero attached hydrogens (tertiary/aromatic N) is 6. The Balaban J connectivity index is 0.000000140. The number of hydrogen-bond donors (Lipinski definition) is 2. The maximum absolute atomic E-state index is 10.8. The number of carbonyl (C=O) groups is 1. The molecule has 24 aliphatic heterocycles. The summed E-state index contributed by atoms with van der Waals surface area (Å²) >= 11 is 0. The minimum absolute atomic E-state index is 0.0435. The minimum atomic E-state index is -2.64. The third kappa shape index (κ3) is 33.1. The lowest BCUT2D eigenvalue weighted by molar-refractivity contribution is -0.118. The number of rotatable bonds is 24. The van der Waals surface area contributed by atoms with Gasteiger partial charge in [0, 0.05) is 215 Å². The molecule has 30 nitrogen and oxygen atoms in total. The largest absolute Gasteiger partial charge is 0.529 e. The van der Waals surface area contributed by atoms with Gasteiger partial charge in [0.25, 0.3) is 0 Å². The zero-order valence-corrected chi connectivity index (χ0v) is 81.0. The molecule has 0 aliphatic carbocycles. The van der Waals surface area contributed by atoms with Crippen LogP contribution in [0, 0.1) is 11.8 Å². The van der Waals surface area contributed by atoms with Gasteiger partial charge < -0.3 is 104 Å². The Morgan fingerprint density at radius 2 is 0.641 bits per heavy atom. The molecule has 0 spiro atoms. The monoisotopic (exact) mass is 1790 g/mol. The van der Waals surface area contributed by atoms with Gasteiger partial charge in [0.2, 0.25) is 5.91 Å². The molecular weight excluding hydrogens is 1640 g/mol. The van der Waals surface area contributed by atoms with E-state index >= 15 is 0 Å². The van der Waals surface area contributed by atoms with Crippen molar-refractivity contribution in [2.45, 2.75) is 210 Å². The molecule has 38 heteroatoms. The summed E-state index contributed by atoms with van der Waals surface area (Å²) in [6.45, 7) is 49.2. The maximum Gasteiger partial charge on any atom is 0.529 e. The molecule has 678 valence electrons. The van der Waals surface area contributed by atoms with Crippen LogP contribution >= 0.6 is 0 Å². The molecule has 1 atom stereocenters. The summed E-state index contributed by atoms with van der Waals surface area (Å²) in [5.74, 6) is 1.44. The molecule has 24 aliphatic rings. The van der Waals surface area contributed by atoms with Crippen LogP contribution in [0.25, 0.3) is 0 Å². The van der Waals surface area contributed by atoms with Crippen LogP contribution in [0.3, 0.4) is 0 Å². The molecule has 2 N–H and O–H groups in total. The Bertz CT molecular complexity index is 2480. The summed E-state index contributed by atoms with van der Waals surface area (Å²) in [7, 11) is -18.2. The number of nitrogens with one attached hydrogen (secondary N) is 2. The average molecular weight is 1800 g/mol. The first kappa shape index (κ1) is 97.4. The predicted molar refractivity (Wildman–Crippen MR) is 466 cm³/mol. The van der Waals surface area contributed by atoms with Crippen LogP contribution in [0.15, 0.2) is 12.3 Å². The first-order chi connectivity index (χ1) is 57.2. The van der Waals surface area contributed by atoms with E-state index in [1.54, 1.807) is 12.6 Å². The zero-order chi connectivity index (χ0) is 81.5. The van der Waals surface area contributed by atoms with E-state index in [1.807, 2.05) is 0 Å². The highest BCUT2D eigenvalue weighted by molar-refractivity contribution is 6.69. The van der Waals surface area contributed by atoms with Crippen molar-refractivity contribution in [3.8, 4) is 0 Å². The molecule has 0 radical (unpaired) electrons. The maximum atomic E-state index is 10.8. The van der Waals surface area contributed by atoms with E-state index in [0.29, 0.717) is 57.5 Å². The lowest BCUT2D eigenvalue weighted by Crippen LogP contribution is -2.57. The lowest BCUT2D eigenvalue weighted by Gasteiger charge is -2.40. The molecule has 0 aromatic heterocycles. The van der Waals surface area contributed by atoms with Gasteiger partial charge in [-0.25, -0.2) is 0 Å². The molecule has 0 aromatic carbocycles. The van der Waals surface area contributed by atoms with Gasteiger partial charge in [-0.05, 0) is 183 Å². The van der Waals surface area contributed by atoms with E-state index < -0.39 is 69.7 Å². The van der Waals surface area contributed by atoms with Crippen molar-refractivity contribution < 1.29 is 97.7 Å². The van der Waals surface area contributed by atoms with E-state index in [2.05, 4.69) is 67.4 Å². The van der Waals surface area contributed by atoms with Crippen LogP contribution in [-0.4, -0.2) is 381 Å². The van der Waals surface area contributed by atoms with Gasteiger partial charge in [-0.15, -0.1) is 0 Å². The van der Waals surface area contributed by atoms with Gasteiger partial charge in [-0.2, -0.15) is 0 Å². The van der Waals surface area contributed by atoms with Crippen LogP contribution in [0.1, 0.15) is 143 Å². The fourth-order valence-electron chi connectivity index (χ4n) is 18.4. The highest BCUT2D eigenvalue weighted by Gasteiger charge is 2.53. The summed E-state index contributed by atoms with van der Waals surface area (Å²) in [5, 5.41) is 6.32. The third-order valence-corrected chi connectivity index (χ3v) is 51.0. The second-order valence-corrected chi connectivity index (χ2v) is 58.0. The smallest absolute Gasteiger partial charge is 0.393 e. The SMILES string of the molecule is C(CCC[Si]12OCCN(CCO1)CCO2)CC[Si]12OCCC(CCO1)CCO2.C1CC2CCO[Si](CC[Si]34OCCN(CCO3)CCO4)(O1)OCC2.C=C[Si]12OCCN(CCO1)C(C)CO2.CC(=O)NCCC[Si]12CCCN(CCO1)CCO2.CCCC[Si]12CCCN(CCO1)CCO2.CCCNCCC[Si]12CCCN(CCO1)CCO2. The number of carbonyl (C=O) groups excluding carboxylic acids is 1. The Morgan fingerprint density at radius 3 is 0.974 bits per heavy atom. The Labute approximate surface area is 712 Å². The molecule has 0 aromatic rings. The van der Waals surface area contributed by atoms with E-state index in [-0.39, 0.29) is 5.91 Å². The number of hydrogen-bond acceptors (Lipinski definition) is 29. The molecule has 24 heterocycles. The van der Waals surface area contributed by atoms with Crippen molar-refractivity contribution in [1.29, 1.82) is 0 Å². The molecule has 0 saturated carbocycles. The van der Waals surface area contributed by atoms with E-state index in [1.165, 1.54) is 121 Å². The minimum Gasteiger partial charge on any atom is -0.393 e. The van der Waals surface area contributed by atoms with Crippen molar-refractivity contribution in [3.63, 3.8) is 0 Å². The standard InChI is InChI=1S/C19H37NO6Si2.C15H29NO6Si2.C13H28N2O2Si.C12H24N2O3Si.C11H23NO2Si.C9H17NO3Si/c1(3-17-27-21-11-5-19(6-12-22-27)7-13-23-27)2-4-18-28-24-14-8-20(9-15-25-28)10-16-26-28;1-7-17-23(18-8-2-15(1)3-9-19-23)13-14-24-20-10-4-16(5-11-21-24)6-12-22-24;1-2-5-14-6-3-12-18-13-4-7-15(8-10-16-18)9-11-17-18;1-12(15)13-4-2-10-18-11-3-5-14(6-8-16-18)7-9-17-18;1-2-3-10-15-11-4-5-12(6-8-13-15)7-9-14-15;1-3-14-11-6-4-10(5-7-12-14)9(2)8-13-14/h19H,1-18H2;15H,1-14H2;14H,2-13H2,1H3;2-11H2,1H3,(H,13,15);2-11H2,1H3;3,9H,1,4-8H2,2H3. The van der Waals surface area contributed by atoms with Crippen molar-refractivity contribution in [3.05, 3.63) is 12.3 Å². The van der Waals surface area contributed by atoms with Crippen molar-refractivity contribution in [2.75, 3.05) is 270 Å². The van der Waals surface area contributed by atoms with Crippen molar-refractivity contribution in [2.24, 2.45) is 11.8 Å². The molecule has 1 unspecified atom stereocenters. The Hall–Kier alpha value is -0.175. The van der Waals surface area contributed by atoms with Gasteiger partial charge in [-0.3, -0.25) is 34.2 Å². The second-order valence-electron chi connectivity index (χ2n) is 34.4. The van der Waals surface area contributed by atoms with Crippen LogP contribution < -0.4 is 10.6 Å². The van der Waals surface area contributed by atoms with Gasteiger partial charge >= 0.3 is 69.7 Å². The Kier molecular flexibility index (Phi) is 43.6. The molecule has 1 amide bonds. The van der Waals surface area contributed by atoms with Crippen LogP contribution in [0.4, 0.5) is 0 Å². The topological polar surface area (TPSA) is 254 Å². The van der Waals surface area contributed by atoms with Crippen molar-refractivity contribution >= 4 is 75.6 Å². The molecule has 16 bridgehead atoms. The molecule has 117 heavy (non-hydrogen) atoms. The quantitative estimate of drug-likeness (QED) is 0.0679. The second kappa shape index (κ2) is 52.3. The molecule has 24 rings (SSSR count). The van der Waals surface area contributed by atoms with Crippen LogP contribution in [-0.2, 0) is 97.7 Å². The highest BCUT2D eigenvalue weighted by atomic mass is 28.4. The fraction of sp³-hybridized carbons (Fsp3) is 0.962. The summed E-state index contributed by atoms with van der Waals surface area (Å²) in [6.07, 6.45) is 21.1. The first-order valence-electron chi connectivity index (χ1n) is 46.6. The summed E-state index contributed by atoms with van der Waals surface area (Å²) < 4.78 is 128. The summed E-state index contributed by atoms with van der Waals surface area (Å²) in [5.41, 5.74) is 1.74. The van der Waals surface area contributed by atoms with E-state index in [9.17, 15) is 4.79 Å². The Morgan fingerprint density at radius 1 is 0.333 bits per heavy atom. The van der Waals surface area contributed by atoms with E-state index in [0.717, 1.165) is 285 Å². The van der Waals surface area contributed by atoms with Crippen molar-refractivity contribution in [1.82, 2.24) is 40.0 Å². The zero-order valence-electron chi connectivity index (χ0n) is 73.0. The van der Waals surface area contributed by atoms with Gasteiger partial charge in [0.1, 0.15) is 0 Å². The van der Waals surface area contributed by atoms with Gasteiger partial charge in [0.15, 0.2) is 0 Å². The first-order valence-corrected chi connectivity index (χ1v) is 62.8. The van der Waals surface area contributed by atoms with Crippen LogP contribution in [0.2, 0.25) is 60.4 Å². The predicted octanol–water partition coefficient (Wildman–Crippen LogP) is 8.45. The van der Waals surface area contributed by atoms with E-state index in [4.69, 9.17) is 92.9 Å². The number of unbranched alkanes of at least 4 members (excludes halogenated alkanes) is 4. The fourth-order valence-corrected chi connectivity index (χ4v) is 41.7. The van der Waals surface area contributed by atoms with Gasteiger partial charge in [-0.1, -0.05) is 46.1 Å². The molecular formula is C79H158N8O22Si8. The average Bonchev–Trinajstić information content (AvgIpc) is 0.787. The van der Waals surface area contributed by atoms with Crippen LogP contribution in [0.5, 0.6) is 0 Å².